The van der Waals surface area contributed by atoms with Crippen molar-refractivity contribution in [3.8, 4) is 11.5 Å². The number of thioether (sulfide) groups is 1. The first-order valence-corrected chi connectivity index (χ1v) is 11.3. The molecule has 2 saturated heterocycles. The molecule has 2 heterocycles. The van der Waals surface area contributed by atoms with E-state index in [0.717, 1.165) is 16.7 Å². The van der Waals surface area contributed by atoms with Crippen molar-refractivity contribution >= 4 is 40.9 Å². The third-order valence-electron chi connectivity index (χ3n) is 5.22. The standard InChI is InChI=1S/C24H22N2O7S/c1-31-18-7-5-17(6-8-18)23(29)33-19-4-2-3-16(13-19)14-20-22(28)26(24(30)34-20)15-21(27)25-9-11-32-12-10-25/h2-8,13-14H,9-12,15H2,1H3/b20-14-. The van der Waals surface area contributed by atoms with Gasteiger partial charge in [-0.25, -0.2) is 4.79 Å². The molecule has 0 bridgehead atoms. The molecular weight excluding hydrogens is 460 g/mol. The molecule has 0 unspecified atom stereocenters. The molecule has 0 atom stereocenters. The van der Waals surface area contributed by atoms with Crippen LogP contribution >= 0.6 is 11.8 Å². The summed E-state index contributed by atoms with van der Waals surface area (Å²) in [6, 6.07) is 13.1. The molecule has 2 aliphatic rings. The van der Waals surface area contributed by atoms with Gasteiger partial charge in [-0.05, 0) is 59.8 Å². The highest BCUT2D eigenvalue weighted by Gasteiger charge is 2.37. The van der Waals surface area contributed by atoms with Crippen LogP contribution in [-0.4, -0.2) is 72.8 Å². The summed E-state index contributed by atoms with van der Waals surface area (Å²) in [6.07, 6.45) is 1.54. The number of carbonyl (C=O) groups excluding carboxylic acids is 4. The van der Waals surface area contributed by atoms with Crippen molar-refractivity contribution < 1.29 is 33.4 Å². The van der Waals surface area contributed by atoms with Gasteiger partial charge in [0.05, 0.1) is 30.8 Å². The monoisotopic (exact) mass is 482 g/mol. The fraction of sp³-hybridized carbons (Fsp3) is 0.250. The Kier molecular flexibility index (Phi) is 7.29. The Morgan fingerprint density at radius 3 is 2.50 bits per heavy atom. The van der Waals surface area contributed by atoms with E-state index in [1.54, 1.807) is 53.4 Å². The molecule has 176 valence electrons. The Morgan fingerprint density at radius 1 is 1.06 bits per heavy atom. The van der Waals surface area contributed by atoms with Gasteiger partial charge in [-0.2, -0.15) is 0 Å². The van der Waals surface area contributed by atoms with Crippen molar-refractivity contribution in [1.82, 2.24) is 9.80 Å². The minimum absolute atomic E-state index is 0.193. The van der Waals surface area contributed by atoms with Gasteiger partial charge in [0.1, 0.15) is 18.0 Å². The van der Waals surface area contributed by atoms with Gasteiger partial charge in [0.15, 0.2) is 0 Å². The number of ether oxygens (including phenoxy) is 3. The van der Waals surface area contributed by atoms with E-state index in [0.29, 0.717) is 43.2 Å². The SMILES string of the molecule is COc1ccc(C(=O)Oc2cccc(/C=C3\SC(=O)N(CC(=O)N4CCOCC4)C3=O)c2)cc1. The van der Waals surface area contributed by atoms with Crippen LogP contribution in [0.25, 0.3) is 6.08 Å². The summed E-state index contributed by atoms with van der Waals surface area (Å²) in [7, 11) is 1.54. The number of methoxy groups -OCH3 is 1. The molecule has 4 rings (SSSR count). The van der Waals surface area contributed by atoms with E-state index >= 15 is 0 Å². The molecule has 0 aliphatic carbocycles. The maximum atomic E-state index is 12.8. The molecule has 0 aromatic heterocycles. The first-order valence-electron chi connectivity index (χ1n) is 10.5. The number of amides is 3. The summed E-state index contributed by atoms with van der Waals surface area (Å²) < 4.78 is 15.7. The van der Waals surface area contributed by atoms with Crippen molar-refractivity contribution in [2.75, 3.05) is 40.0 Å². The summed E-state index contributed by atoms with van der Waals surface area (Å²) >= 11 is 0.769. The van der Waals surface area contributed by atoms with E-state index < -0.39 is 17.1 Å². The summed E-state index contributed by atoms with van der Waals surface area (Å²) in [5.41, 5.74) is 0.933. The summed E-state index contributed by atoms with van der Waals surface area (Å²) in [4.78, 5) is 52.7. The molecule has 9 nitrogen and oxygen atoms in total. The maximum absolute atomic E-state index is 12.8. The third kappa shape index (κ3) is 5.46. The summed E-state index contributed by atoms with van der Waals surface area (Å²) in [5.74, 6) is -0.450. The highest BCUT2D eigenvalue weighted by atomic mass is 32.2. The Bertz CT molecular complexity index is 1140. The van der Waals surface area contributed by atoms with Crippen LogP contribution < -0.4 is 9.47 Å². The average molecular weight is 483 g/mol. The summed E-state index contributed by atoms with van der Waals surface area (Å²) in [5, 5.41) is -0.500. The molecule has 0 saturated carbocycles. The highest BCUT2D eigenvalue weighted by molar-refractivity contribution is 8.18. The quantitative estimate of drug-likeness (QED) is 0.352. The lowest BCUT2D eigenvalue weighted by atomic mass is 10.2. The molecule has 10 heteroatoms. The van der Waals surface area contributed by atoms with Gasteiger partial charge in [-0.3, -0.25) is 19.3 Å². The van der Waals surface area contributed by atoms with Gasteiger partial charge < -0.3 is 19.1 Å². The first-order chi connectivity index (χ1) is 16.4. The lowest BCUT2D eigenvalue weighted by Gasteiger charge is -2.28. The zero-order chi connectivity index (χ0) is 24.1. The molecule has 2 aliphatic heterocycles. The predicted octanol–water partition coefficient (Wildman–Crippen LogP) is 2.81. The van der Waals surface area contributed by atoms with Crippen LogP contribution in [0, 0.1) is 0 Å². The molecular formula is C24H22N2O7S. The first kappa shape index (κ1) is 23.5. The topological polar surface area (TPSA) is 102 Å². The molecule has 0 spiro atoms. The van der Waals surface area contributed by atoms with Crippen LogP contribution in [0.5, 0.6) is 11.5 Å². The molecule has 0 N–H and O–H groups in total. The smallest absolute Gasteiger partial charge is 0.343 e. The van der Waals surface area contributed by atoms with E-state index in [1.807, 2.05) is 0 Å². The van der Waals surface area contributed by atoms with Crippen LogP contribution in [0.15, 0.2) is 53.4 Å². The molecule has 34 heavy (non-hydrogen) atoms. The Hall–Kier alpha value is -3.63. The normalized spacial score (nSPS) is 17.3. The number of hydrogen-bond acceptors (Lipinski definition) is 8. The van der Waals surface area contributed by atoms with Crippen LogP contribution in [0.2, 0.25) is 0 Å². The van der Waals surface area contributed by atoms with E-state index in [1.165, 1.54) is 13.2 Å². The predicted molar refractivity (Wildman–Crippen MR) is 124 cm³/mol. The van der Waals surface area contributed by atoms with Crippen molar-refractivity contribution in [2.24, 2.45) is 0 Å². The summed E-state index contributed by atoms with van der Waals surface area (Å²) in [6.45, 7) is 1.45. The largest absolute Gasteiger partial charge is 0.497 e. The number of rotatable bonds is 6. The van der Waals surface area contributed by atoms with Crippen molar-refractivity contribution in [3.63, 3.8) is 0 Å². The Balaban J connectivity index is 1.42. The Labute approximate surface area is 200 Å². The average Bonchev–Trinajstić information content (AvgIpc) is 3.12. The second kappa shape index (κ2) is 10.5. The molecule has 2 aromatic rings. The van der Waals surface area contributed by atoms with Gasteiger partial charge in [0, 0.05) is 13.1 Å². The van der Waals surface area contributed by atoms with Crippen molar-refractivity contribution in [2.45, 2.75) is 0 Å². The molecule has 3 amide bonds. The van der Waals surface area contributed by atoms with Gasteiger partial charge >= 0.3 is 5.97 Å². The zero-order valence-corrected chi connectivity index (χ0v) is 19.2. The van der Waals surface area contributed by atoms with Crippen LogP contribution in [0.1, 0.15) is 15.9 Å². The molecule has 2 aromatic carbocycles. The van der Waals surface area contributed by atoms with Crippen LogP contribution in [0.3, 0.4) is 0 Å². The van der Waals surface area contributed by atoms with Gasteiger partial charge in [-0.15, -0.1) is 0 Å². The number of esters is 1. The highest BCUT2D eigenvalue weighted by Crippen LogP contribution is 2.32. The zero-order valence-electron chi connectivity index (χ0n) is 18.4. The number of carbonyl (C=O) groups is 4. The number of hydrogen-bond donors (Lipinski definition) is 0. The lowest BCUT2D eigenvalue weighted by molar-refractivity contribution is -0.139. The second-order valence-electron chi connectivity index (χ2n) is 7.45. The second-order valence-corrected chi connectivity index (χ2v) is 8.44. The number of morpholine rings is 1. The van der Waals surface area contributed by atoms with E-state index in [4.69, 9.17) is 14.2 Å². The van der Waals surface area contributed by atoms with E-state index in [9.17, 15) is 19.2 Å². The Morgan fingerprint density at radius 2 is 1.79 bits per heavy atom. The van der Waals surface area contributed by atoms with Gasteiger partial charge in [-0.1, -0.05) is 12.1 Å². The van der Waals surface area contributed by atoms with E-state index in [2.05, 4.69) is 0 Å². The fourth-order valence-corrected chi connectivity index (χ4v) is 4.23. The number of imide groups is 1. The van der Waals surface area contributed by atoms with Gasteiger partial charge in [0.25, 0.3) is 11.1 Å². The minimum atomic E-state index is -0.540. The minimum Gasteiger partial charge on any atom is -0.497 e. The van der Waals surface area contributed by atoms with Crippen LogP contribution in [0.4, 0.5) is 4.79 Å². The fourth-order valence-electron chi connectivity index (χ4n) is 3.40. The number of benzene rings is 2. The maximum Gasteiger partial charge on any atom is 0.343 e. The van der Waals surface area contributed by atoms with Crippen molar-refractivity contribution in [1.29, 1.82) is 0 Å². The van der Waals surface area contributed by atoms with E-state index in [-0.39, 0.29) is 23.1 Å². The lowest BCUT2D eigenvalue weighted by Crippen LogP contribution is -2.46. The van der Waals surface area contributed by atoms with Gasteiger partial charge in [0.2, 0.25) is 5.91 Å². The third-order valence-corrected chi connectivity index (χ3v) is 6.13. The van der Waals surface area contributed by atoms with Crippen LogP contribution in [-0.2, 0) is 14.3 Å². The number of nitrogens with zero attached hydrogens (tertiary/aromatic N) is 2. The molecule has 2 fully saturated rings. The molecule has 0 radical (unpaired) electrons. The van der Waals surface area contributed by atoms with Crippen molar-refractivity contribution in [3.05, 3.63) is 64.6 Å².